The molecular weight excluding hydrogens is 518 g/mol. The molecule has 0 aliphatic heterocycles. The van der Waals surface area contributed by atoms with Crippen molar-refractivity contribution in [3.8, 4) is 0 Å². The Bertz CT molecular complexity index is 1020. The van der Waals surface area contributed by atoms with Crippen LogP contribution in [-0.2, 0) is 33.8 Å². The number of benzene rings is 1. The van der Waals surface area contributed by atoms with Crippen molar-refractivity contribution < 1.29 is 8.42 Å². The van der Waals surface area contributed by atoms with Gasteiger partial charge in [0.05, 0.1) is 40.8 Å². The van der Waals surface area contributed by atoms with Crippen LogP contribution in [-0.4, -0.2) is 22.7 Å². The number of aryl methyl sites for hydroxylation is 1. The molecule has 0 N–H and O–H groups in total. The molecule has 2 heterocycles. The Morgan fingerprint density at radius 3 is 1.66 bits per heavy atom. The predicted molar refractivity (Wildman–Crippen MR) is 121 cm³/mol. The monoisotopic (exact) mass is 537 g/mol. The van der Waals surface area contributed by atoms with Crippen LogP contribution in [0, 0.1) is 6.92 Å². The van der Waals surface area contributed by atoms with Crippen molar-refractivity contribution in [3.63, 3.8) is 0 Å². The Labute approximate surface area is 188 Å². The number of aromatic nitrogens is 2. The molecule has 3 aromatic rings. The van der Waals surface area contributed by atoms with Gasteiger partial charge in [-0.15, -0.1) is 0 Å². The van der Waals surface area contributed by atoms with Gasteiger partial charge in [0.2, 0.25) is 10.0 Å². The summed E-state index contributed by atoms with van der Waals surface area (Å²) in [5, 5.41) is 1.22. The molecule has 0 saturated carbocycles. The largest absolute Gasteiger partial charge is 0.256 e. The number of hydrogen-bond donors (Lipinski definition) is 0. The number of nitrogens with zero attached hydrogens (tertiary/aromatic N) is 3. The molecule has 0 amide bonds. The number of halogens is 2. The lowest BCUT2D eigenvalue weighted by molar-refractivity contribution is 0.392. The van der Waals surface area contributed by atoms with Gasteiger partial charge in [-0.2, -0.15) is 4.31 Å². The van der Waals surface area contributed by atoms with Gasteiger partial charge in [0.25, 0.3) is 0 Å². The second-order valence-corrected chi connectivity index (χ2v) is 9.65. The Morgan fingerprint density at radius 2 is 1.21 bits per heavy atom. The highest BCUT2D eigenvalue weighted by atomic mass is 79.9. The van der Waals surface area contributed by atoms with E-state index >= 15 is 0 Å². The van der Waals surface area contributed by atoms with Gasteiger partial charge in [-0.05, 0) is 43.3 Å². The number of sulfonamides is 1. The molecule has 0 saturated heterocycles. The van der Waals surface area contributed by atoms with E-state index in [1.807, 2.05) is 43.3 Å². The number of alkyl halides is 2. The average Bonchev–Trinajstić information content (AvgIpc) is 2.74. The van der Waals surface area contributed by atoms with Gasteiger partial charge in [0.15, 0.2) is 0 Å². The average molecular weight is 539 g/mol. The quantitative estimate of drug-likeness (QED) is 0.380. The lowest BCUT2D eigenvalue weighted by Gasteiger charge is -2.22. The summed E-state index contributed by atoms with van der Waals surface area (Å²) in [5.74, 6) is 0. The number of hydrogen-bond acceptors (Lipinski definition) is 4. The maximum Gasteiger partial charge on any atom is 0.243 e. The summed E-state index contributed by atoms with van der Waals surface area (Å²) in [6.07, 6.45) is 0. The minimum absolute atomic E-state index is 0.164. The zero-order valence-electron chi connectivity index (χ0n) is 15.9. The Hall–Kier alpha value is -1.61. The van der Waals surface area contributed by atoms with Crippen LogP contribution in [0.3, 0.4) is 0 Å². The van der Waals surface area contributed by atoms with Gasteiger partial charge in [-0.25, -0.2) is 8.42 Å². The first-order valence-corrected chi connectivity index (χ1v) is 12.7. The molecule has 0 unspecified atom stereocenters. The third-order valence-electron chi connectivity index (χ3n) is 4.34. The first-order valence-electron chi connectivity index (χ1n) is 9.01. The smallest absolute Gasteiger partial charge is 0.243 e. The van der Waals surface area contributed by atoms with E-state index in [-0.39, 0.29) is 18.0 Å². The van der Waals surface area contributed by atoms with Crippen LogP contribution >= 0.6 is 31.9 Å². The van der Waals surface area contributed by atoms with E-state index in [0.29, 0.717) is 22.0 Å². The molecule has 0 aliphatic carbocycles. The highest BCUT2D eigenvalue weighted by Crippen LogP contribution is 2.21. The van der Waals surface area contributed by atoms with E-state index in [9.17, 15) is 8.42 Å². The van der Waals surface area contributed by atoms with Crippen LogP contribution in [0.15, 0.2) is 65.6 Å². The minimum Gasteiger partial charge on any atom is -0.256 e. The van der Waals surface area contributed by atoms with Gasteiger partial charge in [0, 0.05) is 10.7 Å². The summed E-state index contributed by atoms with van der Waals surface area (Å²) in [6, 6.07) is 18.1. The molecule has 5 nitrogen and oxygen atoms in total. The van der Waals surface area contributed by atoms with Gasteiger partial charge in [0.1, 0.15) is 0 Å². The summed E-state index contributed by atoms with van der Waals surface area (Å²) in [5.41, 5.74) is 4.10. The van der Waals surface area contributed by atoms with Crippen LogP contribution in [0.25, 0.3) is 0 Å². The predicted octanol–water partition coefficient (Wildman–Crippen LogP) is 4.97. The zero-order chi connectivity index (χ0) is 20.9. The molecule has 2 aromatic heterocycles. The summed E-state index contributed by atoms with van der Waals surface area (Å²) < 4.78 is 28.3. The summed E-state index contributed by atoms with van der Waals surface area (Å²) in [4.78, 5) is 9.35. The first kappa shape index (κ1) is 22.1. The molecule has 1 aromatic carbocycles. The van der Waals surface area contributed by atoms with Crippen LogP contribution in [0.2, 0.25) is 0 Å². The molecule has 0 bridgehead atoms. The van der Waals surface area contributed by atoms with E-state index in [4.69, 9.17) is 0 Å². The molecular formula is C21H21Br2N3O2S. The van der Waals surface area contributed by atoms with E-state index < -0.39 is 10.0 Å². The molecule has 8 heteroatoms. The van der Waals surface area contributed by atoms with Crippen molar-refractivity contribution in [2.75, 3.05) is 0 Å². The van der Waals surface area contributed by atoms with Gasteiger partial charge >= 0.3 is 0 Å². The van der Waals surface area contributed by atoms with Gasteiger partial charge in [-0.3, -0.25) is 9.97 Å². The van der Waals surface area contributed by atoms with Gasteiger partial charge < -0.3 is 0 Å². The standard InChI is InChI=1S/C21H21Br2N3O2S/c1-16-8-10-21(11-9-16)29(27,28)26(14-19-6-2-4-17(12-22)24-19)15-20-7-3-5-18(13-23)25-20/h2-11H,12-15H2,1H3. The molecule has 0 atom stereocenters. The fourth-order valence-electron chi connectivity index (χ4n) is 2.83. The van der Waals surface area contributed by atoms with E-state index in [0.717, 1.165) is 17.0 Å². The maximum absolute atomic E-state index is 13.4. The van der Waals surface area contributed by atoms with Crippen LogP contribution in [0.1, 0.15) is 28.3 Å². The number of pyridine rings is 2. The second kappa shape index (κ2) is 9.93. The van der Waals surface area contributed by atoms with E-state index in [1.54, 1.807) is 24.3 Å². The normalized spacial score (nSPS) is 11.7. The van der Waals surface area contributed by atoms with Crippen molar-refractivity contribution in [1.82, 2.24) is 14.3 Å². The zero-order valence-corrected chi connectivity index (χ0v) is 19.9. The molecule has 0 spiro atoms. The molecule has 29 heavy (non-hydrogen) atoms. The second-order valence-electron chi connectivity index (χ2n) is 6.59. The molecule has 0 aliphatic rings. The topological polar surface area (TPSA) is 63.2 Å². The minimum atomic E-state index is -3.72. The molecule has 0 fully saturated rings. The van der Waals surface area contributed by atoms with E-state index in [2.05, 4.69) is 41.8 Å². The Balaban J connectivity index is 1.98. The van der Waals surface area contributed by atoms with Crippen molar-refractivity contribution in [2.45, 2.75) is 35.6 Å². The molecule has 152 valence electrons. The van der Waals surface area contributed by atoms with Gasteiger partial charge in [-0.1, -0.05) is 61.7 Å². The SMILES string of the molecule is Cc1ccc(S(=O)(=O)N(Cc2cccc(CBr)n2)Cc2cccc(CBr)n2)cc1. The summed E-state index contributed by atoms with van der Waals surface area (Å²) in [7, 11) is -3.72. The van der Waals surface area contributed by atoms with Crippen LogP contribution < -0.4 is 0 Å². The molecule has 0 radical (unpaired) electrons. The third-order valence-corrected chi connectivity index (χ3v) is 7.29. The lowest BCUT2D eigenvalue weighted by atomic mass is 10.2. The Morgan fingerprint density at radius 1 is 0.759 bits per heavy atom. The fourth-order valence-corrected chi connectivity index (χ4v) is 4.84. The molecule has 3 rings (SSSR count). The highest BCUT2D eigenvalue weighted by Gasteiger charge is 2.26. The van der Waals surface area contributed by atoms with Crippen LogP contribution in [0.5, 0.6) is 0 Å². The Kier molecular flexibility index (Phi) is 7.56. The third kappa shape index (κ3) is 5.72. The maximum atomic E-state index is 13.4. The van der Waals surface area contributed by atoms with E-state index in [1.165, 1.54) is 4.31 Å². The lowest BCUT2D eigenvalue weighted by Crippen LogP contribution is -2.31. The highest BCUT2D eigenvalue weighted by molar-refractivity contribution is 9.08. The summed E-state index contributed by atoms with van der Waals surface area (Å²) >= 11 is 6.80. The number of rotatable bonds is 8. The fraction of sp³-hybridized carbons (Fsp3) is 0.238. The van der Waals surface area contributed by atoms with Crippen molar-refractivity contribution in [1.29, 1.82) is 0 Å². The van der Waals surface area contributed by atoms with Crippen molar-refractivity contribution in [3.05, 3.63) is 89.0 Å². The van der Waals surface area contributed by atoms with Crippen molar-refractivity contribution >= 4 is 41.9 Å². The summed E-state index contributed by atoms with van der Waals surface area (Å²) in [6.45, 7) is 2.26. The first-order chi connectivity index (χ1) is 13.9. The van der Waals surface area contributed by atoms with Crippen LogP contribution in [0.4, 0.5) is 0 Å². The van der Waals surface area contributed by atoms with Crippen molar-refractivity contribution in [2.24, 2.45) is 0 Å².